The Morgan fingerprint density at radius 1 is 0.239 bits per heavy atom. The Morgan fingerprint density at radius 3 is 0.584 bits per heavy atom. The van der Waals surface area contributed by atoms with Crippen LogP contribution in [0.4, 0.5) is 0 Å². The summed E-state index contributed by atoms with van der Waals surface area (Å²) in [6.45, 7) is 0.952. The van der Waals surface area contributed by atoms with Crippen LogP contribution >= 0.6 is 0 Å². The van der Waals surface area contributed by atoms with Crippen molar-refractivity contribution in [2.75, 3.05) is 13.1 Å². The smallest absolute Gasteiger partial charge is 0.251 e. The number of H-pyrrole nitrogens is 4. The standard InChI is InChI=1S/C95H78N16O2/c1-106-48-34-62(35-49-106)88-74-22-18-70(98-74)86(71-19-23-75(99-71)89(63-36-50-107(2)51-37-63)79-27-31-83(103-79)92(82-30-26-78(88)102-82)66-42-56-110(5)57-43-66)60-10-14-68(15-11-60)94(112)96-46-8-7-9-47-97-95(113)69-16-12-61(13-17-69)87-72-20-24-76(100-72)90(64-38-52-108(3)53-39-64)80-28-32-84(104-80)93(67-44-58-111(6)59-45-67)85-33-29-81(105-85)91(77-25-21-73(87)101-77)65-40-54-109(4)55-41-65/h10-45,48-59H,7-9,46-47H2,1-6H3,(H2-2,96,97,98,99,100,101,102,103,104,105,112,113)/q+2/p+4. The summed E-state index contributed by atoms with van der Waals surface area (Å²) in [5, 5.41) is 6.32. The monoisotopic (exact) mass is 1480 g/mol. The number of aromatic amines is 4. The molecule has 18 heteroatoms. The maximum atomic E-state index is 14.0. The van der Waals surface area contributed by atoms with Crippen molar-refractivity contribution in [3.05, 3.63) is 301 Å². The number of hydrogen-bond acceptors (Lipinski definition) is 6. The van der Waals surface area contributed by atoms with Crippen molar-refractivity contribution < 1.29 is 37.0 Å². The van der Waals surface area contributed by atoms with Crippen LogP contribution in [0.3, 0.4) is 0 Å². The molecule has 16 bridgehead atoms. The first-order valence-electron chi connectivity index (χ1n) is 38.1. The lowest BCUT2D eigenvalue weighted by molar-refractivity contribution is -0.671. The predicted octanol–water partition coefficient (Wildman–Crippen LogP) is 15.2. The van der Waals surface area contributed by atoms with E-state index in [0.717, 1.165) is 198 Å². The highest BCUT2D eigenvalue weighted by molar-refractivity contribution is 6.04. The number of rotatable bonds is 16. The molecule has 0 atom stereocenters. The largest absolute Gasteiger partial charge is 0.354 e. The van der Waals surface area contributed by atoms with Crippen molar-refractivity contribution in [3.8, 4) is 89.0 Å². The molecule has 548 valence electrons. The van der Waals surface area contributed by atoms with Gasteiger partial charge in [-0.1, -0.05) is 24.3 Å². The number of nitrogens with zero attached hydrogens (tertiary/aromatic N) is 10. The fraction of sp³-hybridized carbons (Fsp3) is 0.116. The highest BCUT2D eigenvalue weighted by Gasteiger charge is 2.25. The number of pyridine rings is 6. The average Bonchev–Trinajstić information content (AvgIpc) is 1.62. The van der Waals surface area contributed by atoms with Crippen molar-refractivity contribution >= 4 is 105 Å². The van der Waals surface area contributed by atoms with Crippen LogP contribution in [0.25, 0.3) is 182 Å². The molecular weight excluding hydrogens is 1400 g/mol. The van der Waals surface area contributed by atoms with Crippen LogP contribution in [-0.4, -0.2) is 64.8 Å². The molecule has 18 rings (SSSR count). The van der Waals surface area contributed by atoms with Crippen LogP contribution in [0.2, 0.25) is 0 Å². The fourth-order valence-electron chi connectivity index (χ4n) is 15.5. The summed E-state index contributed by atoms with van der Waals surface area (Å²) in [4.78, 5) is 65.3. The number of fused-ring (bicyclic) bond motifs is 16. The summed E-state index contributed by atoms with van der Waals surface area (Å²) >= 11 is 0. The molecule has 0 radical (unpaired) electrons. The molecule has 18 nitrogen and oxygen atoms in total. The lowest BCUT2D eigenvalue weighted by Gasteiger charge is -2.09. The number of hydrogen-bond donors (Lipinski definition) is 6. The Bertz CT molecular complexity index is 6130. The summed E-state index contributed by atoms with van der Waals surface area (Å²) in [6, 6.07) is 58.1. The van der Waals surface area contributed by atoms with Crippen molar-refractivity contribution in [1.29, 1.82) is 0 Å². The molecule has 2 aromatic carbocycles. The van der Waals surface area contributed by atoms with Gasteiger partial charge in [0.15, 0.2) is 74.4 Å². The van der Waals surface area contributed by atoms with Crippen LogP contribution in [-0.2, 0) is 42.3 Å². The van der Waals surface area contributed by atoms with Gasteiger partial charge in [-0.15, -0.1) is 0 Å². The first kappa shape index (κ1) is 70.2. The Balaban J connectivity index is 0.601. The average molecular weight is 1480 g/mol. The van der Waals surface area contributed by atoms with E-state index in [1.807, 2.05) is 118 Å². The van der Waals surface area contributed by atoms with Crippen LogP contribution < -0.4 is 38.0 Å². The third-order valence-corrected chi connectivity index (χ3v) is 21.4. The molecule has 14 aromatic rings. The number of carbonyl (C=O) groups is 2. The highest BCUT2D eigenvalue weighted by Crippen LogP contribution is 2.42. The summed E-state index contributed by atoms with van der Waals surface area (Å²) in [5.41, 5.74) is 30.1. The zero-order chi connectivity index (χ0) is 76.8. The van der Waals surface area contributed by atoms with Crippen molar-refractivity contribution in [2.24, 2.45) is 42.3 Å². The minimum Gasteiger partial charge on any atom is -0.354 e. The van der Waals surface area contributed by atoms with Gasteiger partial charge < -0.3 is 30.6 Å². The molecule has 0 fully saturated rings. The summed E-state index contributed by atoms with van der Waals surface area (Å²) in [7, 11) is 12.1. The van der Waals surface area contributed by atoms with Crippen LogP contribution in [0, 0.1) is 0 Å². The van der Waals surface area contributed by atoms with Gasteiger partial charge in [-0.05, 0) is 185 Å². The second-order valence-corrected chi connectivity index (χ2v) is 29.2. The molecule has 6 N–H and O–H groups in total. The topological polar surface area (TPSA) is 196 Å². The molecule has 2 amide bonds. The predicted molar refractivity (Wildman–Crippen MR) is 447 cm³/mol. The van der Waals surface area contributed by atoms with Gasteiger partial charge in [-0.25, -0.2) is 47.3 Å². The SMILES string of the molecule is C[n+]1ccc(-c2c3nc(c(-c4cc[n+](C)cc4)c4ccc([nH]4)c(-c4cc[n+](C)cc4)c4nc(c(-c5ccc(C(=O)NCCCCCNC(=O)c6ccc(-c7c8nc(c(-c9cc[n+](C)cc9)c9ccc([nH]9)c(-c9cc[n+](C)cc9)c9nc(c(-c%10cc[n+](C)cc%10)c%10ccc7[nH]%10)C=C9)C=C8)cc6)cc5)c5ccc2[nH]5)C=C4)C=C3)cc1. The molecule has 0 unspecified atom stereocenters. The van der Waals surface area contributed by atoms with Crippen molar-refractivity contribution in [1.82, 2.24) is 50.5 Å². The number of aromatic nitrogens is 14. The summed E-state index contributed by atoms with van der Waals surface area (Å²) in [5.74, 6) is -0.328. The van der Waals surface area contributed by atoms with Gasteiger partial charge in [0.25, 0.3) is 11.8 Å². The highest BCUT2D eigenvalue weighted by atomic mass is 16.2. The molecule has 113 heavy (non-hydrogen) atoms. The number of nitrogens with one attached hydrogen (secondary N) is 6. The quantitative estimate of drug-likeness (QED) is 0.0411. The van der Waals surface area contributed by atoms with Gasteiger partial charge >= 0.3 is 0 Å². The maximum Gasteiger partial charge on any atom is 0.251 e. The van der Waals surface area contributed by atoms with Crippen LogP contribution in [0.15, 0.2) is 244 Å². The normalized spacial score (nSPS) is 12.1. The zero-order valence-corrected chi connectivity index (χ0v) is 63.5. The molecule has 0 saturated heterocycles. The third-order valence-electron chi connectivity index (χ3n) is 21.4. The number of carbonyl (C=O) groups excluding carboxylic acids is 2. The summed E-state index contributed by atoms with van der Waals surface area (Å²) in [6.07, 6.45) is 43.8. The second kappa shape index (κ2) is 29.8. The number of amides is 2. The number of aryl methyl sites for hydroxylation is 6. The van der Waals surface area contributed by atoms with E-state index in [2.05, 4.69) is 275 Å². The van der Waals surface area contributed by atoms with E-state index < -0.39 is 0 Å². The summed E-state index contributed by atoms with van der Waals surface area (Å²) < 4.78 is 12.2. The van der Waals surface area contributed by atoms with Gasteiger partial charge in [-0.3, -0.25) is 9.59 Å². The zero-order valence-electron chi connectivity index (χ0n) is 63.5. The van der Waals surface area contributed by atoms with Crippen molar-refractivity contribution in [2.45, 2.75) is 19.3 Å². The van der Waals surface area contributed by atoms with Gasteiger partial charge in [0.05, 0.1) is 45.6 Å². The molecule has 0 saturated carbocycles. The molecule has 4 aliphatic heterocycles. The Kier molecular flexibility index (Phi) is 18.5. The van der Waals surface area contributed by atoms with E-state index in [9.17, 15) is 9.59 Å². The lowest BCUT2D eigenvalue weighted by Crippen LogP contribution is -2.26. The van der Waals surface area contributed by atoms with E-state index in [4.69, 9.17) is 19.9 Å². The minimum atomic E-state index is -0.164. The number of unbranched alkanes of at least 4 members (excludes halogenated alkanes) is 2. The molecule has 16 heterocycles. The van der Waals surface area contributed by atoms with Gasteiger partial charge in [0, 0.05) is 186 Å². The Hall–Kier alpha value is -14.5. The van der Waals surface area contributed by atoms with Crippen LogP contribution in [0.1, 0.15) is 85.5 Å². The van der Waals surface area contributed by atoms with Crippen LogP contribution in [0.5, 0.6) is 0 Å². The van der Waals surface area contributed by atoms with E-state index in [1.165, 1.54) is 0 Å². The van der Waals surface area contributed by atoms with E-state index in [-0.39, 0.29) is 11.8 Å². The molecule has 12 aromatic heterocycles. The molecule has 4 aliphatic rings. The van der Waals surface area contributed by atoms with Crippen molar-refractivity contribution in [3.63, 3.8) is 0 Å². The van der Waals surface area contributed by atoms with Gasteiger partial charge in [-0.2, -0.15) is 0 Å². The maximum absolute atomic E-state index is 14.0. The first-order chi connectivity index (χ1) is 55.2. The second-order valence-electron chi connectivity index (χ2n) is 29.2. The van der Waals surface area contributed by atoms with E-state index >= 15 is 0 Å². The Morgan fingerprint density at radius 2 is 0.407 bits per heavy atom. The minimum absolute atomic E-state index is 0.164. The lowest BCUT2D eigenvalue weighted by atomic mass is 10.0. The molecular formula is C95H82N16O2+6. The van der Waals surface area contributed by atoms with Gasteiger partial charge in [0.1, 0.15) is 42.3 Å². The van der Waals surface area contributed by atoms with E-state index in [1.54, 1.807) is 0 Å². The third kappa shape index (κ3) is 14.1. The van der Waals surface area contributed by atoms with Gasteiger partial charge in [0.2, 0.25) is 0 Å². The molecule has 0 aliphatic carbocycles. The number of benzene rings is 2. The fourth-order valence-corrected chi connectivity index (χ4v) is 15.5. The Labute approximate surface area is 652 Å². The molecule has 0 spiro atoms. The first-order valence-corrected chi connectivity index (χ1v) is 38.1. The van der Waals surface area contributed by atoms with E-state index in [0.29, 0.717) is 24.2 Å².